The van der Waals surface area contributed by atoms with E-state index < -0.39 is 0 Å². The molecule has 0 saturated heterocycles. The molecule has 0 aliphatic rings. The Morgan fingerprint density at radius 2 is 1.60 bits per heavy atom. The fraction of sp³-hybridized carbons (Fsp3) is 0.471. The highest BCUT2D eigenvalue weighted by atomic mass is 16.2. The van der Waals surface area contributed by atoms with E-state index in [1.807, 2.05) is 44.1 Å². The molecule has 0 bridgehead atoms. The predicted octanol–water partition coefficient (Wildman–Crippen LogP) is -0.0829. The van der Waals surface area contributed by atoms with Crippen molar-refractivity contribution in [2.75, 3.05) is 54.4 Å². The zero-order valence-electron chi connectivity index (χ0n) is 15.2. The van der Waals surface area contributed by atoms with Crippen LogP contribution in [0.4, 0.5) is 0 Å². The molecule has 2 rings (SSSR count). The lowest BCUT2D eigenvalue weighted by atomic mass is 10.3. The third-order valence-corrected chi connectivity index (χ3v) is 3.66. The fourth-order valence-corrected chi connectivity index (χ4v) is 2.31. The summed E-state index contributed by atoms with van der Waals surface area (Å²) in [6, 6.07) is 5.41. The molecule has 0 aromatic carbocycles. The predicted molar refractivity (Wildman–Crippen MR) is 97.0 cm³/mol. The second kappa shape index (κ2) is 8.59. The van der Waals surface area contributed by atoms with Crippen LogP contribution in [0.1, 0.15) is 21.1 Å². The summed E-state index contributed by atoms with van der Waals surface area (Å²) in [5.74, 6) is -0.361. The van der Waals surface area contributed by atoms with Crippen LogP contribution in [-0.2, 0) is 0 Å². The maximum Gasteiger partial charge on any atom is 0.287 e. The van der Waals surface area contributed by atoms with Crippen molar-refractivity contribution in [3.05, 3.63) is 35.9 Å². The number of carbonyl (C=O) groups is 2. The van der Waals surface area contributed by atoms with Crippen LogP contribution in [0.2, 0.25) is 0 Å². The van der Waals surface area contributed by atoms with Crippen molar-refractivity contribution in [2.45, 2.75) is 0 Å². The Morgan fingerprint density at radius 1 is 1.00 bits per heavy atom. The van der Waals surface area contributed by atoms with E-state index in [2.05, 4.69) is 15.6 Å². The molecular formula is C17H26N6O2. The number of hydrogen-bond donors (Lipinski definition) is 2. The number of hydrogen-bond acceptors (Lipinski definition) is 5. The molecule has 2 amide bonds. The highest BCUT2D eigenvalue weighted by Gasteiger charge is 2.21. The van der Waals surface area contributed by atoms with E-state index in [0.29, 0.717) is 18.6 Å². The SMILES string of the molecule is CN(C)CCNC(=O)c1nc(C(=O)NCCN(C)C)n2ccccc12. The van der Waals surface area contributed by atoms with Crippen LogP contribution in [0, 0.1) is 0 Å². The summed E-state index contributed by atoms with van der Waals surface area (Å²) in [6.45, 7) is 2.49. The van der Waals surface area contributed by atoms with Crippen LogP contribution in [0.3, 0.4) is 0 Å². The first-order valence-corrected chi connectivity index (χ1v) is 8.23. The molecule has 0 aliphatic heterocycles. The van der Waals surface area contributed by atoms with Crippen LogP contribution >= 0.6 is 0 Å². The highest BCUT2D eigenvalue weighted by molar-refractivity contribution is 6.02. The van der Waals surface area contributed by atoms with Crippen molar-refractivity contribution in [2.24, 2.45) is 0 Å². The number of likely N-dealkylation sites (N-methyl/N-ethyl adjacent to an activating group) is 2. The van der Waals surface area contributed by atoms with Gasteiger partial charge in [-0.05, 0) is 40.3 Å². The molecule has 8 heteroatoms. The molecule has 2 heterocycles. The van der Waals surface area contributed by atoms with E-state index in [0.717, 1.165) is 13.1 Å². The van der Waals surface area contributed by atoms with Gasteiger partial charge in [0.15, 0.2) is 5.69 Å². The van der Waals surface area contributed by atoms with E-state index in [1.54, 1.807) is 22.7 Å². The van der Waals surface area contributed by atoms with Gasteiger partial charge in [-0.3, -0.25) is 14.0 Å². The Hall–Kier alpha value is -2.45. The van der Waals surface area contributed by atoms with E-state index in [9.17, 15) is 9.59 Å². The van der Waals surface area contributed by atoms with Crippen molar-refractivity contribution < 1.29 is 9.59 Å². The maximum atomic E-state index is 12.4. The molecule has 0 unspecified atom stereocenters. The summed E-state index contributed by atoms with van der Waals surface area (Å²) in [5.41, 5.74) is 0.875. The first-order chi connectivity index (χ1) is 11.9. The minimum atomic E-state index is -0.296. The van der Waals surface area contributed by atoms with Crippen molar-refractivity contribution in [1.82, 2.24) is 29.8 Å². The van der Waals surface area contributed by atoms with Gasteiger partial charge < -0.3 is 20.4 Å². The van der Waals surface area contributed by atoms with E-state index >= 15 is 0 Å². The van der Waals surface area contributed by atoms with Crippen LogP contribution in [-0.4, -0.2) is 85.4 Å². The van der Waals surface area contributed by atoms with Gasteiger partial charge in [-0.15, -0.1) is 0 Å². The quantitative estimate of drug-likeness (QED) is 0.699. The van der Waals surface area contributed by atoms with E-state index in [1.165, 1.54) is 0 Å². The zero-order chi connectivity index (χ0) is 18.4. The van der Waals surface area contributed by atoms with Gasteiger partial charge in [-0.25, -0.2) is 4.98 Å². The zero-order valence-corrected chi connectivity index (χ0v) is 15.2. The summed E-state index contributed by atoms with van der Waals surface area (Å²) in [4.78, 5) is 33.1. The number of amides is 2. The molecule has 0 aliphatic carbocycles. The number of nitrogens with one attached hydrogen (secondary N) is 2. The second-order valence-corrected chi connectivity index (χ2v) is 6.36. The first-order valence-electron chi connectivity index (χ1n) is 8.23. The Balaban J connectivity index is 2.19. The monoisotopic (exact) mass is 346 g/mol. The summed E-state index contributed by atoms with van der Waals surface area (Å²) in [5, 5.41) is 5.67. The van der Waals surface area contributed by atoms with Gasteiger partial charge >= 0.3 is 0 Å². The second-order valence-electron chi connectivity index (χ2n) is 6.36. The summed E-state index contributed by atoms with van der Waals surface area (Å²) >= 11 is 0. The van der Waals surface area contributed by atoms with Crippen LogP contribution in [0.5, 0.6) is 0 Å². The number of fused-ring (bicyclic) bond motifs is 1. The van der Waals surface area contributed by atoms with Gasteiger partial charge in [0, 0.05) is 32.4 Å². The van der Waals surface area contributed by atoms with Gasteiger partial charge in [0.25, 0.3) is 11.8 Å². The largest absolute Gasteiger partial charge is 0.349 e. The van der Waals surface area contributed by atoms with Crippen LogP contribution < -0.4 is 10.6 Å². The van der Waals surface area contributed by atoms with Gasteiger partial charge in [-0.2, -0.15) is 0 Å². The van der Waals surface area contributed by atoms with Crippen LogP contribution in [0.25, 0.3) is 5.52 Å². The van der Waals surface area contributed by atoms with Gasteiger partial charge in [0.1, 0.15) is 0 Å². The van der Waals surface area contributed by atoms with Gasteiger partial charge in [0.2, 0.25) is 5.82 Å². The average molecular weight is 346 g/mol. The van der Waals surface area contributed by atoms with Gasteiger partial charge in [-0.1, -0.05) is 6.07 Å². The van der Waals surface area contributed by atoms with E-state index in [4.69, 9.17) is 0 Å². The van der Waals surface area contributed by atoms with Crippen molar-refractivity contribution >= 4 is 17.3 Å². The number of carbonyl (C=O) groups excluding carboxylic acids is 2. The summed E-state index contributed by atoms with van der Waals surface area (Å²) in [7, 11) is 7.75. The third-order valence-electron chi connectivity index (χ3n) is 3.66. The lowest BCUT2D eigenvalue weighted by Gasteiger charge is -2.09. The minimum Gasteiger partial charge on any atom is -0.349 e. The Morgan fingerprint density at radius 3 is 2.20 bits per heavy atom. The van der Waals surface area contributed by atoms with Crippen molar-refractivity contribution in [3.63, 3.8) is 0 Å². The lowest BCUT2D eigenvalue weighted by Crippen LogP contribution is -2.33. The molecule has 25 heavy (non-hydrogen) atoms. The molecule has 0 atom stereocenters. The van der Waals surface area contributed by atoms with Crippen molar-refractivity contribution in [1.29, 1.82) is 0 Å². The normalized spacial score (nSPS) is 11.3. The van der Waals surface area contributed by atoms with Crippen LogP contribution in [0.15, 0.2) is 24.4 Å². The molecule has 2 N–H and O–H groups in total. The minimum absolute atomic E-state index is 0.215. The number of rotatable bonds is 8. The van der Waals surface area contributed by atoms with Crippen molar-refractivity contribution in [3.8, 4) is 0 Å². The summed E-state index contributed by atoms with van der Waals surface area (Å²) < 4.78 is 1.64. The standard InChI is InChI=1S/C17H26N6O2/c1-21(2)11-8-18-16(24)14-13-7-5-6-10-23(13)15(20-14)17(25)19-9-12-22(3)4/h5-7,10H,8-9,11-12H2,1-4H3,(H,18,24)(H,19,25). The van der Waals surface area contributed by atoms with E-state index in [-0.39, 0.29) is 23.3 Å². The lowest BCUT2D eigenvalue weighted by molar-refractivity contribution is 0.0940. The number of pyridine rings is 1. The Kier molecular flexibility index (Phi) is 6.49. The Labute approximate surface area is 147 Å². The molecule has 2 aromatic heterocycles. The molecule has 0 spiro atoms. The molecule has 8 nitrogen and oxygen atoms in total. The van der Waals surface area contributed by atoms with Gasteiger partial charge in [0.05, 0.1) is 5.52 Å². The molecule has 2 aromatic rings. The highest BCUT2D eigenvalue weighted by Crippen LogP contribution is 2.13. The first kappa shape index (κ1) is 18.9. The average Bonchev–Trinajstić information content (AvgIpc) is 2.93. The third kappa shape index (κ3) is 5.01. The number of aromatic nitrogens is 2. The fourth-order valence-electron chi connectivity index (χ4n) is 2.31. The smallest absolute Gasteiger partial charge is 0.287 e. The number of imidazole rings is 1. The Bertz CT molecular complexity index is 678. The molecule has 136 valence electrons. The molecule has 0 radical (unpaired) electrons. The molecular weight excluding hydrogens is 320 g/mol. The topological polar surface area (TPSA) is 82.0 Å². The molecule has 0 saturated carbocycles. The molecule has 0 fully saturated rings. The summed E-state index contributed by atoms with van der Waals surface area (Å²) in [6.07, 6.45) is 1.74. The number of nitrogens with zero attached hydrogens (tertiary/aromatic N) is 4. The maximum absolute atomic E-state index is 12.4.